The molecule has 0 fully saturated rings. The van der Waals surface area contributed by atoms with Crippen LogP contribution in [0.1, 0.15) is 27.7 Å². The number of aromatic nitrogens is 1. The van der Waals surface area contributed by atoms with E-state index in [4.69, 9.17) is 4.98 Å². The largest absolute Gasteiger partial charge is 0.337 e. The molecule has 2 aromatic carbocycles. The van der Waals surface area contributed by atoms with Crippen LogP contribution in [0.4, 0.5) is 5.00 Å². The molecule has 0 saturated heterocycles. The first-order valence-electron chi connectivity index (χ1n) is 10.3. The van der Waals surface area contributed by atoms with E-state index in [1.807, 2.05) is 53.6 Å². The van der Waals surface area contributed by atoms with Crippen LogP contribution < -0.4 is 5.32 Å². The normalized spacial score (nSPS) is 13.2. The van der Waals surface area contributed by atoms with Gasteiger partial charge in [0.1, 0.15) is 10.0 Å². The van der Waals surface area contributed by atoms with Gasteiger partial charge in [0, 0.05) is 28.8 Å². The molecule has 1 N–H and O–H groups in total. The zero-order valence-corrected chi connectivity index (χ0v) is 20.1. The number of fused-ring (bicyclic) bond motifs is 2. The Bertz CT molecular complexity index is 1310. The third-order valence-electron chi connectivity index (χ3n) is 5.59. The molecule has 0 radical (unpaired) electrons. The molecule has 8 heteroatoms. The van der Waals surface area contributed by atoms with Crippen molar-refractivity contribution < 1.29 is 9.59 Å². The fourth-order valence-electron chi connectivity index (χ4n) is 3.97. The standard InChI is InChI=1S/C24H21N3O2S3/c1-14(28)27-12-11-15-20(13-27)32-24(26-22(29)16-7-3-5-9-18(16)30-2)21(15)23-25-17-8-4-6-10-19(17)31-23/h3-10H,11-13H2,1-2H3,(H,26,29). The topological polar surface area (TPSA) is 62.3 Å². The molecule has 0 spiro atoms. The number of hydrogen-bond acceptors (Lipinski definition) is 6. The van der Waals surface area contributed by atoms with E-state index in [2.05, 4.69) is 11.4 Å². The van der Waals surface area contributed by atoms with E-state index in [1.54, 1.807) is 41.4 Å². The van der Waals surface area contributed by atoms with E-state index in [0.717, 1.165) is 42.0 Å². The van der Waals surface area contributed by atoms with Gasteiger partial charge in [-0.15, -0.1) is 34.4 Å². The Hall–Kier alpha value is -2.68. The summed E-state index contributed by atoms with van der Waals surface area (Å²) < 4.78 is 1.12. The summed E-state index contributed by atoms with van der Waals surface area (Å²) in [5.74, 6) is -0.0515. The number of anilines is 1. The lowest BCUT2D eigenvalue weighted by atomic mass is 10.0. The molecule has 0 bridgehead atoms. The summed E-state index contributed by atoms with van der Waals surface area (Å²) in [4.78, 5) is 34.0. The van der Waals surface area contributed by atoms with Gasteiger partial charge in [-0.3, -0.25) is 9.59 Å². The first-order valence-corrected chi connectivity index (χ1v) is 13.1. The van der Waals surface area contributed by atoms with Gasteiger partial charge in [-0.2, -0.15) is 0 Å². The molecule has 2 amide bonds. The Labute approximate surface area is 198 Å². The summed E-state index contributed by atoms with van der Waals surface area (Å²) in [5.41, 5.74) is 3.81. The fourth-order valence-corrected chi connectivity index (χ4v) is 6.93. The molecular weight excluding hydrogens is 458 g/mol. The molecule has 5 rings (SSSR count). The lowest BCUT2D eigenvalue weighted by Gasteiger charge is -2.26. The van der Waals surface area contributed by atoms with Crippen molar-refractivity contribution in [3.05, 3.63) is 64.5 Å². The van der Waals surface area contributed by atoms with Crippen molar-refractivity contribution in [2.45, 2.75) is 24.8 Å². The molecule has 0 unspecified atom stereocenters. The van der Waals surface area contributed by atoms with Crippen molar-refractivity contribution >= 4 is 61.5 Å². The predicted octanol–water partition coefficient (Wildman–Crippen LogP) is 5.90. The maximum atomic E-state index is 13.2. The minimum atomic E-state index is -0.126. The van der Waals surface area contributed by atoms with Crippen LogP contribution in [0, 0.1) is 0 Å². The Morgan fingerprint density at radius 1 is 1.09 bits per heavy atom. The van der Waals surface area contributed by atoms with E-state index >= 15 is 0 Å². The third kappa shape index (κ3) is 3.83. The van der Waals surface area contributed by atoms with Gasteiger partial charge < -0.3 is 10.2 Å². The Balaban J connectivity index is 1.60. The van der Waals surface area contributed by atoms with E-state index in [0.29, 0.717) is 18.7 Å². The number of rotatable bonds is 4. The summed E-state index contributed by atoms with van der Waals surface area (Å²) >= 11 is 4.75. The van der Waals surface area contributed by atoms with Crippen LogP contribution in [-0.4, -0.2) is 34.5 Å². The predicted molar refractivity (Wildman–Crippen MR) is 134 cm³/mol. The summed E-state index contributed by atoms with van der Waals surface area (Å²) in [6.07, 6.45) is 2.73. The van der Waals surface area contributed by atoms with Crippen molar-refractivity contribution in [3.8, 4) is 10.6 Å². The van der Waals surface area contributed by atoms with Crippen molar-refractivity contribution in [1.82, 2.24) is 9.88 Å². The molecule has 1 aliphatic heterocycles. The highest BCUT2D eigenvalue weighted by Gasteiger charge is 2.29. The molecule has 3 heterocycles. The average molecular weight is 480 g/mol. The number of amides is 2. The SMILES string of the molecule is CSc1ccccc1C(=O)Nc1sc2c(c1-c1nc3ccccc3s1)CCN(C(C)=O)C2. The van der Waals surface area contributed by atoms with E-state index in [-0.39, 0.29) is 11.8 Å². The minimum Gasteiger partial charge on any atom is -0.337 e. The van der Waals surface area contributed by atoms with Crippen LogP contribution in [0.25, 0.3) is 20.8 Å². The molecule has 0 aliphatic carbocycles. The van der Waals surface area contributed by atoms with Crippen molar-refractivity contribution in [2.24, 2.45) is 0 Å². The molecule has 32 heavy (non-hydrogen) atoms. The number of carbonyl (C=O) groups excluding carboxylic acids is 2. The lowest BCUT2D eigenvalue weighted by molar-refractivity contribution is -0.129. The number of nitrogens with zero attached hydrogens (tertiary/aromatic N) is 2. The zero-order chi connectivity index (χ0) is 22.2. The third-order valence-corrected chi connectivity index (χ3v) is 8.57. The Morgan fingerprint density at radius 3 is 2.66 bits per heavy atom. The number of thiazole rings is 1. The van der Waals surface area contributed by atoms with Gasteiger partial charge in [0.25, 0.3) is 5.91 Å². The van der Waals surface area contributed by atoms with Crippen LogP contribution in [0.2, 0.25) is 0 Å². The van der Waals surface area contributed by atoms with Crippen molar-refractivity contribution in [3.63, 3.8) is 0 Å². The van der Waals surface area contributed by atoms with Gasteiger partial charge in [0.2, 0.25) is 5.91 Å². The molecule has 5 nitrogen and oxygen atoms in total. The highest BCUT2D eigenvalue weighted by Crippen LogP contribution is 2.46. The van der Waals surface area contributed by atoms with E-state index in [9.17, 15) is 9.59 Å². The summed E-state index contributed by atoms with van der Waals surface area (Å²) in [6, 6.07) is 15.7. The smallest absolute Gasteiger partial charge is 0.257 e. The van der Waals surface area contributed by atoms with Crippen molar-refractivity contribution in [2.75, 3.05) is 18.1 Å². The number of benzene rings is 2. The molecular formula is C24H21N3O2S3. The highest BCUT2D eigenvalue weighted by atomic mass is 32.2. The fraction of sp³-hybridized carbons (Fsp3) is 0.208. The quantitative estimate of drug-likeness (QED) is 0.370. The lowest BCUT2D eigenvalue weighted by Crippen LogP contribution is -2.33. The average Bonchev–Trinajstić information content (AvgIpc) is 3.38. The van der Waals surface area contributed by atoms with Gasteiger partial charge in [-0.05, 0) is 42.5 Å². The Morgan fingerprint density at radius 2 is 1.88 bits per heavy atom. The molecule has 4 aromatic rings. The monoisotopic (exact) mass is 479 g/mol. The van der Waals surface area contributed by atoms with Crippen LogP contribution >= 0.6 is 34.4 Å². The van der Waals surface area contributed by atoms with Crippen LogP contribution in [-0.2, 0) is 17.8 Å². The van der Waals surface area contributed by atoms with Gasteiger partial charge in [-0.25, -0.2) is 4.98 Å². The number of thioether (sulfide) groups is 1. The van der Waals surface area contributed by atoms with Crippen LogP contribution in [0.15, 0.2) is 53.4 Å². The second-order valence-electron chi connectivity index (χ2n) is 7.54. The minimum absolute atomic E-state index is 0.0741. The molecule has 162 valence electrons. The highest BCUT2D eigenvalue weighted by molar-refractivity contribution is 7.98. The first-order chi connectivity index (χ1) is 15.5. The second-order valence-corrected chi connectivity index (χ2v) is 10.5. The van der Waals surface area contributed by atoms with Crippen LogP contribution in [0.5, 0.6) is 0 Å². The van der Waals surface area contributed by atoms with E-state index < -0.39 is 0 Å². The maximum Gasteiger partial charge on any atom is 0.257 e. The number of thiophene rings is 1. The maximum absolute atomic E-state index is 13.2. The van der Waals surface area contributed by atoms with Gasteiger partial charge in [0.15, 0.2) is 0 Å². The molecule has 1 aliphatic rings. The first kappa shape index (κ1) is 21.2. The Kier molecular flexibility index (Phi) is 5.75. The van der Waals surface area contributed by atoms with Gasteiger partial charge >= 0.3 is 0 Å². The number of para-hydroxylation sites is 1. The summed E-state index contributed by atoms with van der Waals surface area (Å²) in [7, 11) is 0. The van der Waals surface area contributed by atoms with Crippen molar-refractivity contribution in [1.29, 1.82) is 0 Å². The number of carbonyl (C=O) groups is 2. The zero-order valence-electron chi connectivity index (χ0n) is 17.7. The number of nitrogens with one attached hydrogen (secondary N) is 1. The van der Waals surface area contributed by atoms with Gasteiger partial charge in [-0.1, -0.05) is 24.3 Å². The summed E-state index contributed by atoms with van der Waals surface area (Å²) in [6.45, 7) is 2.86. The second kappa shape index (κ2) is 8.69. The molecule has 0 saturated carbocycles. The van der Waals surface area contributed by atoms with Gasteiger partial charge in [0.05, 0.1) is 22.3 Å². The summed E-state index contributed by atoms with van der Waals surface area (Å²) in [5, 5.41) is 4.89. The molecule has 2 aromatic heterocycles. The molecule has 0 atom stereocenters. The number of hydrogen-bond donors (Lipinski definition) is 1. The van der Waals surface area contributed by atoms with Crippen LogP contribution in [0.3, 0.4) is 0 Å². The van der Waals surface area contributed by atoms with E-state index in [1.165, 1.54) is 5.56 Å².